The van der Waals surface area contributed by atoms with Crippen LogP contribution in [0.5, 0.6) is 0 Å². The molecule has 0 radical (unpaired) electrons. The van der Waals surface area contributed by atoms with E-state index in [1.807, 2.05) is 0 Å². The minimum Gasteiger partial charge on any atom is -0.225 e. The van der Waals surface area contributed by atoms with Gasteiger partial charge in [-0.3, -0.25) is 0 Å². The van der Waals surface area contributed by atoms with Crippen LogP contribution in [0.15, 0.2) is 58.3 Å². The molecule has 0 saturated carbocycles. The molecule has 0 aliphatic heterocycles. The van der Waals surface area contributed by atoms with Gasteiger partial charge in [0.05, 0.1) is 9.79 Å². The average molecular weight is 375 g/mol. The topological polar surface area (TPSA) is 106 Å². The van der Waals surface area contributed by atoms with E-state index in [2.05, 4.69) is 4.72 Å². The molecule has 6 nitrogen and oxygen atoms in total. The van der Waals surface area contributed by atoms with Gasteiger partial charge in [0.1, 0.15) is 0 Å². The molecule has 23 heavy (non-hydrogen) atoms. The summed E-state index contributed by atoms with van der Waals surface area (Å²) in [6, 6.07) is 11.1. The van der Waals surface area contributed by atoms with E-state index in [1.165, 1.54) is 18.2 Å². The molecule has 1 atom stereocenters. The number of primary sulfonamides is 1. The van der Waals surface area contributed by atoms with Gasteiger partial charge in [-0.25, -0.2) is 26.7 Å². The first-order valence-electron chi connectivity index (χ1n) is 6.50. The van der Waals surface area contributed by atoms with Gasteiger partial charge in [0.15, 0.2) is 0 Å². The van der Waals surface area contributed by atoms with Crippen LogP contribution in [0.3, 0.4) is 0 Å². The van der Waals surface area contributed by atoms with Crippen LogP contribution in [-0.4, -0.2) is 16.8 Å². The number of hydrogen-bond acceptors (Lipinski definition) is 4. The van der Waals surface area contributed by atoms with Crippen LogP contribution >= 0.6 is 11.6 Å². The molecule has 3 N–H and O–H groups in total. The molecule has 0 heterocycles. The second-order valence-corrected chi connectivity index (χ2v) is 8.63. The standard InChI is InChI=1S/C14H15ClN2O4S2/c1-10(11-5-7-12(15)8-6-11)17-23(20,21)14-4-2-3-13(9-14)22(16,18)19/h2-10,17H,1H3,(H2,16,18,19). The predicted octanol–water partition coefficient (Wildman–Crippen LogP) is 2.03. The Kier molecular flexibility index (Phi) is 5.12. The lowest BCUT2D eigenvalue weighted by atomic mass is 10.1. The van der Waals surface area contributed by atoms with Gasteiger partial charge in [0.2, 0.25) is 20.0 Å². The maximum atomic E-state index is 12.4. The summed E-state index contributed by atoms with van der Waals surface area (Å²) in [5, 5.41) is 5.57. The van der Waals surface area contributed by atoms with Crippen LogP contribution in [0.1, 0.15) is 18.5 Å². The van der Waals surface area contributed by atoms with Crippen molar-refractivity contribution in [2.75, 3.05) is 0 Å². The van der Waals surface area contributed by atoms with Crippen molar-refractivity contribution in [3.05, 3.63) is 59.1 Å². The summed E-state index contributed by atoms with van der Waals surface area (Å²) in [6.07, 6.45) is 0. The van der Waals surface area contributed by atoms with E-state index in [9.17, 15) is 16.8 Å². The smallest absolute Gasteiger partial charge is 0.225 e. The van der Waals surface area contributed by atoms with Crippen molar-refractivity contribution in [1.82, 2.24) is 4.72 Å². The van der Waals surface area contributed by atoms with Crippen molar-refractivity contribution in [2.24, 2.45) is 5.14 Å². The van der Waals surface area contributed by atoms with Gasteiger partial charge in [-0.15, -0.1) is 0 Å². The quantitative estimate of drug-likeness (QED) is 0.834. The van der Waals surface area contributed by atoms with Crippen LogP contribution in [0.4, 0.5) is 0 Å². The van der Waals surface area contributed by atoms with Crippen LogP contribution < -0.4 is 9.86 Å². The Morgan fingerprint density at radius 3 is 2.13 bits per heavy atom. The first kappa shape index (κ1) is 17.9. The minimum atomic E-state index is -3.98. The summed E-state index contributed by atoms with van der Waals surface area (Å²) in [7, 11) is -7.88. The van der Waals surface area contributed by atoms with E-state index in [1.54, 1.807) is 31.2 Å². The zero-order valence-electron chi connectivity index (χ0n) is 12.1. The molecule has 2 aromatic rings. The molecule has 1 unspecified atom stereocenters. The predicted molar refractivity (Wildman–Crippen MR) is 88.0 cm³/mol. The largest absolute Gasteiger partial charge is 0.241 e. The molecule has 2 aromatic carbocycles. The third-order valence-electron chi connectivity index (χ3n) is 3.15. The lowest BCUT2D eigenvalue weighted by Crippen LogP contribution is -2.27. The zero-order chi connectivity index (χ0) is 17.3. The van der Waals surface area contributed by atoms with Crippen LogP contribution in [0.25, 0.3) is 0 Å². The third kappa shape index (κ3) is 4.52. The maximum Gasteiger partial charge on any atom is 0.241 e. The highest BCUT2D eigenvalue weighted by atomic mass is 35.5. The summed E-state index contributed by atoms with van der Waals surface area (Å²) < 4.78 is 49.9. The van der Waals surface area contributed by atoms with Gasteiger partial charge in [-0.2, -0.15) is 0 Å². The Bertz CT molecular complexity index is 910. The summed E-state index contributed by atoms with van der Waals surface area (Å²) in [5.74, 6) is 0. The second kappa shape index (κ2) is 6.58. The zero-order valence-corrected chi connectivity index (χ0v) is 14.5. The lowest BCUT2D eigenvalue weighted by molar-refractivity contribution is 0.566. The number of rotatable bonds is 5. The van der Waals surface area contributed by atoms with E-state index in [0.29, 0.717) is 5.02 Å². The Morgan fingerprint density at radius 1 is 1.00 bits per heavy atom. The number of halogens is 1. The van der Waals surface area contributed by atoms with E-state index in [4.69, 9.17) is 16.7 Å². The third-order valence-corrected chi connectivity index (χ3v) is 5.85. The number of sulfonamides is 2. The van der Waals surface area contributed by atoms with Crippen molar-refractivity contribution < 1.29 is 16.8 Å². The minimum absolute atomic E-state index is 0.176. The van der Waals surface area contributed by atoms with Crippen LogP contribution in [0.2, 0.25) is 5.02 Å². The number of benzene rings is 2. The number of nitrogens with two attached hydrogens (primary N) is 1. The molecular formula is C14H15ClN2O4S2. The fourth-order valence-corrected chi connectivity index (χ4v) is 3.98. The van der Waals surface area contributed by atoms with E-state index >= 15 is 0 Å². The molecule has 0 fully saturated rings. The first-order valence-corrected chi connectivity index (χ1v) is 9.91. The maximum absolute atomic E-state index is 12.4. The van der Waals surface area contributed by atoms with Gasteiger partial charge in [-0.1, -0.05) is 29.8 Å². The van der Waals surface area contributed by atoms with Gasteiger partial charge in [0.25, 0.3) is 0 Å². The Morgan fingerprint density at radius 2 is 1.57 bits per heavy atom. The number of nitrogens with one attached hydrogen (secondary N) is 1. The van der Waals surface area contributed by atoms with Gasteiger partial charge >= 0.3 is 0 Å². The molecule has 2 rings (SSSR count). The highest BCUT2D eigenvalue weighted by Crippen LogP contribution is 2.20. The molecule has 124 valence electrons. The summed E-state index contributed by atoms with van der Waals surface area (Å²) in [5.41, 5.74) is 0.723. The molecule has 0 aliphatic rings. The lowest BCUT2D eigenvalue weighted by Gasteiger charge is -2.15. The Labute approximate surface area is 140 Å². The molecule has 0 spiro atoms. The fraction of sp³-hybridized carbons (Fsp3) is 0.143. The van der Waals surface area contributed by atoms with Crippen LogP contribution in [0, 0.1) is 0 Å². The monoisotopic (exact) mass is 374 g/mol. The normalized spacial score (nSPS) is 13.7. The van der Waals surface area contributed by atoms with Crippen molar-refractivity contribution in [1.29, 1.82) is 0 Å². The summed E-state index contributed by atoms with van der Waals surface area (Å²) >= 11 is 5.80. The highest BCUT2D eigenvalue weighted by Gasteiger charge is 2.20. The molecular weight excluding hydrogens is 360 g/mol. The van der Waals surface area contributed by atoms with E-state index in [0.717, 1.165) is 11.6 Å². The van der Waals surface area contributed by atoms with Crippen molar-refractivity contribution >= 4 is 31.6 Å². The van der Waals surface area contributed by atoms with Crippen molar-refractivity contribution in [3.63, 3.8) is 0 Å². The molecule has 0 bridgehead atoms. The first-order chi connectivity index (χ1) is 10.6. The summed E-state index contributed by atoms with van der Waals surface area (Å²) in [6.45, 7) is 1.67. The van der Waals surface area contributed by atoms with Gasteiger partial charge in [0, 0.05) is 11.1 Å². The summed E-state index contributed by atoms with van der Waals surface area (Å²) in [4.78, 5) is -0.440. The highest BCUT2D eigenvalue weighted by molar-refractivity contribution is 7.90. The van der Waals surface area contributed by atoms with Crippen LogP contribution in [-0.2, 0) is 20.0 Å². The average Bonchev–Trinajstić information content (AvgIpc) is 2.46. The second-order valence-electron chi connectivity index (χ2n) is 4.91. The number of hydrogen-bond donors (Lipinski definition) is 2. The van der Waals surface area contributed by atoms with Crippen molar-refractivity contribution in [2.45, 2.75) is 22.8 Å². The van der Waals surface area contributed by atoms with E-state index in [-0.39, 0.29) is 9.79 Å². The Balaban J connectivity index is 2.30. The molecule has 0 saturated heterocycles. The molecule has 0 aromatic heterocycles. The van der Waals surface area contributed by atoms with Gasteiger partial charge < -0.3 is 0 Å². The molecule has 9 heteroatoms. The molecule has 0 aliphatic carbocycles. The Hall–Kier alpha value is -1.45. The van der Waals surface area contributed by atoms with Crippen molar-refractivity contribution in [3.8, 4) is 0 Å². The van der Waals surface area contributed by atoms with Gasteiger partial charge in [-0.05, 0) is 42.8 Å². The molecule has 0 amide bonds. The fourth-order valence-electron chi connectivity index (χ4n) is 1.94. The SMILES string of the molecule is CC(NS(=O)(=O)c1cccc(S(N)(=O)=O)c1)c1ccc(Cl)cc1. The van der Waals surface area contributed by atoms with E-state index < -0.39 is 26.1 Å².